The largest absolute Gasteiger partial charge is 0.475 e. The van der Waals surface area contributed by atoms with E-state index in [0.717, 1.165) is 5.88 Å². The molecule has 0 fully saturated rings. The second-order valence-electron chi connectivity index (χ2n) is 3.86. The van der Waals surface area contributed by atoms with Crippen molar-refractivity contribution < 1.29 is 19.4 Å². The third kappa shape index (κ3) is 2.88. The average Bonchev–Trinajstić information content (AvgIpc) is 2.75. The minimum atomic E-state index is -0.956. The number of hydrogen-bond donors (Lipinski definition) is 1. The van der Waals surface area contributed by atoms with Gasteiger partial charge in [-0.05, 0) is 0 Å². The van der Waals surface area contributed by atoms with Crippen molar-refractivity contribution in [3.8, 4) is 5.88 Å². The van der Waals surface area contributed by atoms with Gasteiger partial charge in [-0.25, -0.2) is 9.48 Å². The highest BCUT2D eigenvalue weighted by Crippen LogP contribution is 2.16. The van der Waals surface area contributed by atoms with Gasteiger partial charge >= 0.3 is 6.09 Å². The maximum absolute atomic E-state index is 10.5. The van der Waals surface area contributed by atoms with E-state index in [1.54, 1.807) is 16.9 Å². The number of carbonyl (C=O) groups is 1. The summed E-state index contributed by atoms with van der Waals surface area (Å²) < 4.78 is 12.7. The van der Waals surface area contributed by atoms with Gasteiger partial charge in [-0.1, -0.05) is 0 Å². The molecule has 1 atom stereocenters. The van der Waals surface area contributed by atoms with Crippen molar-refractivity contribution in [3.05, 3.63) is 12.3 Å². The molecule has 7 heteroatoms. The normalized spacial score (nSPS) is 18.3. The Labute approximate surface area is 98.5 Å². The van der Waals surface area contributed by atoms with Crippen LogP contribution in [0.3, 0.4) is 0 Å². The molecule has 2 rings (SSSR count). The molecule has 0 saturated carbocycles. The van der Waals surface area contributed by atoms with E-state index in [1.807, 2.05) is 0 Å². The van der Waals surface area contributed by atoms with E-state index >= 15 is 0 Å². The van der Waals surface area contributed by atoms with Gasteiger partial charge in [0, 0.05) is 19.7 Å². The molecule has 1 N–H and O–H groups in total. The number of rotatable bonds is 4. The van der Waals surface area contributed by atoms with E-state index < -0.39 is 6.09 Å². The third-order valence-corrected chi connectivity index (χ3v) is 2.58. The van der Waals surface area contributed by atoms with E-state index in [0.29, 0.717) is 26.3 Å². The number of likely N-dealkylation sites (N-methyl/N-ethyl adjacent to an activating group) is 1. The average molecular weight is 241 g/mol. The molecule has 0 radical (unpaired) electrons. The molecule has 17 heavy (non-hydrogen) atoms. The Hall–Kier alpha value is -1.76. The van der Waals surface area contributed by atoms with E-state index in [1.165, 1.54) is 11.9 Å². The topological polar surface area (TPSA) is 76.8 Å². The van der Waals surface area contributed by atoms with Crippen LogP contribution in [-0.4, -0.2) is 58.8 Å². The van der Waals surface area contributed by atoms with Crippen molar-refractivity contribution in [2.24, 2.45) is 0 Å². The molecule has 1 aliphatic rings. The lowest BCUT2D eigenvalue weighted by molar-refractivity contribution is -0.0171. The van der Waals surface area contributed by atoms with E-state index in [-0.39, 0.29) is 6.10 Å². The Balaban J connectivity index is 1.73. The summed E-state index contributed by atoms with van der Waals surface area (Å²) in [4.78, 5) is 11.7. The number of ether oxygens (including phenoxy) is 2. The highest BCUT2D eigenvalue weighted by molar-refractivity contribution is 5.64. The highest BCUT2D eigenvalue weighted by atomic mass is 16.5. The van der Waals surface area contributed by atoms with Gasteiger partial charge in [0.05, 0.1) is 19.3 Å². The van der Waals surface area contributed by atoms with Crippen molar-refractivity contribution in [1.29, 1.82) is 0 Å². The zero-order valence-corrected chi connectivity index (χ0v) is 9.57. The number of carboxylic acid groups (broad SMARTS) is 1. The molecular formula is C10H15N3O4. The molecule has 1 amide bonds. The zero-order chi connectivity index (χ0) is 12.3. The molecule has 0 saturated heterocycles. The van der Waals surface area contributed by atoms with Crippen LogP contribution in [0.2, 0.25) is 0 Å². The number of nitrogens with zero attached hydrogens (tertiary/aromatic N) is 3. The molecule has 1 aromatic heterocycles. The second-order valence-corrected chi connectivity index (χ2v) is 3.86. The molecule has 0 aliphatic carbocycles. The van der Waals surface area contributed by atoms with Crippen LogP contribution >= 0.6 is 0 Å². The summed E-state index contributed by atoms with van der Waals surface area (Å²) in [6, 6.07) is 1.80. The Bertz CT molecular complexity index is 393. The van der Waals surface area contributed by atoms with Gasteiger partial charge < -0.3 is 19.5 Å². The van der Waals surface area contributed by atoms with Crippen molar-refractivity contribution in [2.75, 3.05) is 26.8 Å². The van der Waals surface area contributed by atoms with Gasteiger partial charge in [0.15, 0.2) is 0 Å². The fourth-order valence-electron chi connectivity index (χ4n) is 1.56. The Morgan fingerprint density at radius 3 is 3.41 bits per heavy atom. The van der Waals surface area contributed by atoms with Crippen molar-refractivity contribution in [2.45, 2.75) is 12.6 Å². The van der Waals surface area contributed by atoms with Crippen LogP contribution in [0.1, 0.15) is 0 Å². The molecule has 1 aliphatic heterocycles. The molecule has 0 bridgehead atoms. The molecule has 7 nitrogen and oxygen atoms in total. The van der Waals surface area contributed by atoms with Crippen molar-refractivity contribution in [1.82, 2.24) is 14.7 Å². The number of amides is 1. The van der Waals surface area contributed by atoms with Crippen LogP contribution in [0, 0.1) is 0 Å². The lowest BCUT2D eigenvalue weighted by Gasteiger charge is -2.24. The van der Waals surface area contributed by atoms with Crippen molar-refractivity contribution in [3.63, 3.8) is 0 Å². The fourth-order valence-corrected chi connectivity index (χ4v) is 1.56. The smallest absolute Gasteiger partial charge is 0.407 e. The molecule has 2 heterocycles. The first kappa shape index (κ1) is 11.7. The predicted octanol–water partition coefficient (Wildman–Crippen LogP) is 0.270. The lowest BCUT2D eigenvalue weighted by Crippen LogP contribution is -2.35. The van der Waals surface area contributed by atoms with Gasteiger partial charge in [0.1, 0.15) is 12.7 Å². The number of hydrogen-bond acceptors (Lipinski definition) is 4. The van der Waals surface area contributed by atoms with Crippen LogP contribution in [0.4, 0.5) is 4.79 Å². The van der Waals surface area contributed by atoms with E-state index in [2.05, 4.69) is 5.10 Å². The molecular weight excluding hydrogens is 226 g/mol. The van der Waals surface area contributed by atoms with Gasteiger partial charge in [-0.2, -0.15) is 5.10 Å². The molecule has 0 aromatic carbocycles. The van der Waals surface area contributed by atoms with Crippen LogP contribution in [0.15, 0.2) is 12.3 Å². The first-order valence-electron chi connectivity index (χ1n) is 5.37. The van der Waals surface area contributed by atoms with Gasteiger partial charge in [0.25, 0.3) is 0 Å². The SMILES string of the molecule is CN(CCOC1COc2ccnn2C1)C(=O)O. The second kappa shape index (κ2) is 5.05. The maximum Gasteiger partial charge on any atom is 0.407 e. The fraction of sp³-hybridized carbons (Fsp3) is 0.600. The Morgan fingerprint density at radius 2 is 2.65 bits per heavy atom. The number of aromatic nitrogens is 2. The van der Waals surface area contributed by atoms with Gasteiger partial charge in [0.2, 0.25) is 5.88 Å². The summed E-state index contributed by atoms with van der Waals surface area (Å²) >= 11 is 0. The zero-order valence-electron chi connectivity index (χ0n) is 9.57. The quantitative estimate of drug-likeness (QED) is 0.818. The Morgan fingerprint density at radius 1 is 1.82 bits per heavy atom. The summed E-state index contributed by atoms with van der Waals surface area (Å²) in [5, 5.41) is 12.7. The third-order valence-electron chi connectivity index (χ3n) is 2.58. The lowest BCUT2D eigenvalue weighted by atomic mass is 10.3. The molecule has 0 spiro atoms. The standard InChI is InChI=1S/C10H15N3O4/c1-12(10(14)15)4-5-16-8-6-13-9(17-7-8)2-3-11-13/h2-3,8H,4-7H2,1H3,(H,14,15). The van der Waals surface area contributed by atoms with Gasteiger partial charge in [-0.15, -0.1) is 0 Å². The van der Waals surface area contributed by atoms with Gasteiger partial charge in [-0.3, -0.25) is 0 Å². The van der Waals surface area contributed by atoms with Crippen LogP contribution in [0.25, 0.3) is 0 Å². The minimum absolute atomic E-state index is 0.0791. The first-order valence-corrected chi connectivity index (χ1v) is 5.37. The monoisotopic (exact) mass is 241 g/mol. The van der Waals surface area contributed by atoms with E-state index in [9.17, 15) is 4.79 Å². The van der Waals surface area contributed by atoms with Crippen molar-refractivity contribution >= 4 is 6.09 Å². The number of fused-ring (bicyclic) bond motifs is 1. The highest BCUT2D eigenvalue weighted by Gasteiger charge is 2.20. The molecule has 94 valence electrons. The summed E-state index contributed by atoms with van der Waals surface area (Å²) in [5.74, 6) is 0.743. The first-order chi connectivity index (χ1) is 8.16. The summed E-state index contributed by atoms with van der Waals surface area (Å²) in [5.41, 5.74) is 0. The summed E-state index contributed by atoms with van der Waals surface area (Å²) in [6.45, 7) is 1.81. The van der Waals surface area contributed by atoms with Crippen LogP contribution in [-0.2, 0) is 11.3 Å². The van der Waals surface area contributed by atoms with Crippen LogP contribution < -0.4 is 4.74 Å². The van der Waals surface area contributed by atoms with E-state index in [4.69, 9.17) is 14.6 Å². The predicted molar refractivity (Wildman–Crippen MR) is 58.1 cm³/mol. The Kier molecular flexibility index (Phi) is 3.48. The summed E-state index contributed by atoms with van der Waals surface area (Å²) in [6.07, 6.45) is 0.642. The van der Waals surface area contributed by atoms with Crippen LogP contribution in [0.5, 0.6) is 5.88 Å². The summed E-state index contributed by atoms with van der Waals surface area (Å²) in [7, 11) is 1.51. The molecule has 1 unspecified atom stereocenters. The maximum atomic E-state index is 10.5. The minimum Gasteiger partial charge on any atom is -0.475 e. The molecule has 1 aromatic rings.